The first-order chi connectivity index (χ1) is 8.91. The fourth-order valence-electron chi connectivity index (χ4n) is 3.15. The average molecular weight is 288 g/mol. The zero-order chi connectivity index (χ0) is 15.8. The van der Waals surface area contributed by atoms with E-state index < -0.39 is 28.8 Å². The van der Waals surface area contributed by atoms with E-state index in [-0.39, 0.29) is 13.0 Å². The van der Waals surface area contributed by atoms with Gasteiger partial charge >= 0.3 is 5.97 Å². The van der Waals surface area contributed by atoms with Gasteiger partial charge in [0.05, 0.1) is 12.6 Å². The Labute approximate surface area is 118 Å². The number of alkyl halides is 2. The molecule has 1 unspecified atom stereocenters. The molecule has 1 heterocycles. The summed E-state index contributed by atoms with van der Waals surface area (Å²) in [4.78, 5) is 12.8. The van der Waals surface area contributed by atoms with Crippen molar-refractivity contribution < 1.29 is 18.7 Å². The van der Waals surface area contributed by atoms with E-state index in [1.54, 1.807) is 24.8 Å². The molecule has 0 amide bonds. The number of nitrogens with zero attached hydrogens (tertiary/aromatic N) is 2. The SMILES string of the molecule is CC(C)(CC(C)(C)N1CCC(F)(F)C1)C(C#N)C(=O)O. The molecule has 0 aromatic carbocycles. The van der Waals surface area contributed by atoms with E-state index in [0.29, 0.717) is 13.0 Å². The van der Waals surface area contributed by atoms with Crippen LogP contribution in [0, 0.1) is 22.7 Å². The van der Waals surface area contributed by atoms with Gasteiger partial charge < -0.3 is 5.11 Å². The lowest BCUT2D eigenvalue weighted by molar-refractivity contribution is -0.143. The lowest BCUT2D eigenvalue weighted by atomic mass is 9.71. The van der Waals surface area contributed by atoms with Crippen LogP contribution in [0.25, 0.3) is 0 Å². The molecule has 1 fully saturated rings. The molecule has 6 heteroatoms. The second kappa shape index (κ2) is 5.28. The lowest BCUT2D eigenvalue weighted by Gasteiger charge is -2.42. The number of hydrogen-bond acceptors (Lipinski definition) is 3. The van der Waals surface area contributed by atoms with Gasteiger partial charge in [-0.3, -0.25) is 9.69 Å². The van der Waals surface area contributed by atoms with Crippen molar-refractivity contribution in [1.82, 2.24) is 4.90 Å². The van der Waals surface area contributed by atoms with E-state index in [0.717, 1.165) is 0 Å². The van der Waals surface area contributed by atoms with Gasteiger partial charge in [0.2, 0.25) is 0 Å². The number of hydrogen-bond donors (Lipinski definition) is 1. The van der Waals surface area contributed by atoms with Crippen LogP contribution in [0.2, 0.25) is 0 Å². The highest BCUT2D eigenvalue weighted by Crippen LogP contribution is 2.41. The molecule has 1 saturated heterocycles. The third-order valence-electron chi connectivity index (χ3n) is 4.07. The average Bonchev–Trinajstić information content (AvgIpc) is 2.57. The molecule has 0 saturated carbocycles. The van der Waals surface area contributed by atoms with Gasteiger partial charge in [-0.05, 0) is 25.7 Å². The summed E-state index contributed by atoms with van der Waals surface area (Å²) < 4.78 is 26.6. The number of carboxylic acid groups (broad SMARTS) is 1. The molecule has 0 bridgehead atoms. The largest absolute Gasteiger partial charge is 0.480 e. The molecule has 0 radical (unpaired) electrons. The minimum atomic E-state index is -2.68. The summed E-state index contributed by atoms with van der Waals surface area (Å²) in [7, 11) is 0. The summed E-state index contributed by atoms with van der Waals surface area (Å²) in [5, 5.41) is 18.1. The van der Waals surface area contributed by atoms with E-state index in [1.165, 1.54) is 0 Å². The van der Waals surface area contributed by atoms with Crippen molar-refractivity contribution in [2.75, 3.05) is 13.1 Å². The molecular formula is C14H22F2N2O2. The third kappa shape index (κ3) is 3.66. The lowest BCUT2D eigenvalue weighted by Crippen LogP contribution is -2.48. The van der Waals surface area contributed by atoms with Crippen molar-refractivity contribution in [2.45, 2.75) is 52.0 Å². The minimum absolute atomic E-state index is 0.169. The van der Waals surface area contributed by atoms with Crippen molar-refractivity contribution in [2.24, 2.45) is 11.3 Å². The van der Waals surface area contributed by atoms with Crippen molar-refractivity contribution in [3.8, 4) is 6.07 Å². The van der Waals surface area contributed by atoms with Crippen LogP contribution in [0.5, 0.6) is 0 Å². The number of likely N-dealkylation sites (tertiary alicyclic amines) is 1. The predicted octanol–water partition coefficient (Wildman–Crippen LogP) is 2.75. The number of carbonyl (C=O) groups is 1. The summed E-state index contributed by atoms with van der Waals surface area (Å²) >= 11 is 0. The molecule has 114 valence electrons. The Bertz CT molecular complexity index is 427. The van der Waals surface area contributed by atoms with Crippen molar-refractivity contribution in [3.63, 3.8) is 0 Å². The summed E-state index contributed by atoms with van der Waals surface area (Å²) in [5.74, 6) is -4.99. The molecule has 20 heavy (non-hydrogen) atoms. The first kappa shape index (κ1) is 16.8. The molecule has 1 rings (SSSR count). The second-order valence-electron chi connectivity index (χ2n) is 6.91. The van der Waals surface area contributed by atoms with Crippen LogP contribution in [0.15, 0.2) is 0 Å². The Hall–Kier alpha value is -1.22. The zero-order valence-electron chi connectivity index (χ0n) is 12.4. The Kier molecular flexibility index (Phi) is 4.45. The Morgan fingerprint density at radius 2 is 2.00 bits per heavy atom. The van der Waals surface area contributed by atoms with Gasteiger partial charge in [0, 0.05) is 18.5 Å². The number of halogens is 2. The molecule has 0 spiro atoms. The topological polar surface area (TPSA) is 64.3 Å². The molecule has 1 aliphatic heterocycles. The maximum absolute atomic E-state index is 13.3. The Morgan fingerprint density at radius 3 is 2.35 bits per heavy atom. The van der Waals surface area contributed by atoms with Crippen LogP contribution >= 0.6 is 0 Å². The van der Waals surface area contributed by atoms with Gasteiger partial charge in [-0.25, -0.2) is 8.78 Å². The zero-order valence-corrected chi connectivity index (χ0v) is 12.4. The number of carboxylic acids is 1. The van der Waals surface area contributed by atoms with E-state index in [9.17, 15) is 13.6 Å². The van der Waals surface area contributed by atoms with Crippen molar-refractivity contribution >= 4 is 5.97 Å². The first-order valence-corrected chi connectivity index (χ1v) is 6.67. The van der Waals surface area contributed by atoms with Crippen LogP contribution < -0.4 is 0 Å². The van der Waals surface area contributed by atoms with Crippen LogP contribution in [0.4, 0.5) is 8.78 Å². The van der Waals surface area contributed by atoms with E-state index >= 15 is 0 Å². The van der Waals surface area contributed by atoms with Crippen LogP contribution in [-0.4, -0.2) is 40.5 Å². The first-order valence-electron chi connectivity index (χ1n) is 6.67. The fraction of sp³-hybridized carbons (Fsp3) is 0.857. The van der Waals surface area contributed by atoms with Crippen LogP contribution in [-0.2, 0) is 4.79 Å². The maximum Gasteiger partial charge on any atom is 0.321 e. The molecule has 0 aliphatic carbocycles. The van der Waals surface area contributed by atoms with Crippen LogP contribution in [0.3, 0.4) is 0 Å². The summed E-state index contributed by atoms with van der Waals surface area (Å²) in [6.07, 6.45) is 0.193. The molecule has 1 aliphatic rings. The molecule has 0 aromatic heterocycles. The highest BCUT2D eigenvalue weighted by Gasteiger charge is 2.47. The molecule has 0 aromatic rings. The Balaban J connectivity index is 2.85. The normalized spacial score (nSPS) is 21.4. The summed E-state index contributed by atoms with van der Waals surface area (Å²) in [5.41, 5.74) is -1.37. The van der Waals surface area contributed by atoms with Gasteiger partial charge in [-0.2, -0.15) is 5.26 Å². The molecule has 4 nitrogen and oxygen atoms in total. The minimum Gasteiger partial charge on any atom is -0.480 e. The van der Waals surface area contributed by atoms with Crippen molar-refractivity contribution in [3.05, 3.63) is 0 Å². The number of rotatable bonds is 5. The van der Waals surface area contributed by atoms with E-state index in [1.807, 2.05) is 13.8 Å². The summed E-state index contributed by atoms with van der Waals surface area (Å²) in [6.45, 7) is 7.04. The monoisotopic (exact) mass is 288 g/mol. The predicted molar refractivity (Wildman–Crippen MR) is 70.4 cm³/mol. The Morgan fingerprint density at radius 1 is 1.45 bits per heavy atom. The maximum atomic E-state index is 13.3. The standard InChI is InChI=1S/C14H22F2N2O2/c1-12(2,10(7-17)11(19)20)8-13(3,4)18-6-5-14(15,16)9-18/h10H,5-6,8-9H2,1-4H3,(H,19,20). The van der Waals surface area contributed by atoms with E-state index in [2.05, 4.69) is 0 Å². The second-order valence-corrected chi connectivity index (χ2v) is 6.91. The quantitative estimate of drug-likeness (QED) is 0.845. The van der Waals surface area contributed by atoms with Crippen LogP contribution in [0.1, 0.15) is 40.5 Å². The van der Waals surface area contributed by atoms with Gasteiger partial charge in [-0.1, -0.05) is 13.8 Å². The van der Waals surface area contributed by atoms with Gasteiger partial charge in [0.15, 0.2) is 0 Å². The van der Waals surface area contributed by atoms with Gasteiger partial charge in [0.25, 0.3) is 5.92 Å². The molecular weight excluding hydrogens is 266 g/mol. The smallest absolute Gasteiger partial charge is 0.321 e. The van der Waals surface area contributed by atoms with E-state index in [4.69, 9.17) is 10.4 Å². The van der Waals surface area contributed by atoms with Gasteiger partial charge in [-0.15, -0.1) is 0 Å². The highest BCUT2D eigenvalue weighted by molar-refractivity contribution is 5.73. The number of nitriles is 1. The van der Waals surface area contributed by atoms with Gasteiger partial charge in [0.1, 0.15) is 5.92 Å². The molecule has 1 atom stereocenters. The highest BCUT2D eigenvalue weighted by atomic mass is 19.3. The van der Waals surface area contributed by atoms with Crippen molar-refractivity contribution in [1.29, 1.82) is 5.26 Å². The fourth-order valence-corrected chi connectivity index (χ4v) is 3.15. The molecule has 1 N–H and O–H groups in total. The number of aliphatic carboxylic acids is 1. The third-order valence-corrected chi connectivity index (χ3v) is 4.07. The summed E-state index contributed by atoms with van der Waals surface area (Å²) in [6, 6.07) is 1.80.